The smallest absolute Gasteiger partial charge is 0.277 e. The minimum atomic E-state index is -0.0897. The van der Waals surface area contributed by atoms with E-state index in [1.807, 2.05) is 29.3 Å². The van der Waals surface area contributed by atoms with Crippen LogP contribution in [-0.4, -0.2) is 24.0 Å². The van der Waals surface area contributed by atoms with Crippen molar-refractivity contribution in [2.24, 2.45) is 0 Å². The Morgan fingerprint density at radius 1 is 1.21 bits per heavy atom. The summed E-state index contributed by atoms with van der Waals surface area (Å²) in [6, 6.07) is 7.84. The first-order valence-corrected chi connectivity index (χ1v) is 7.68. The minimum absolute atomic E-state index is 0.0897. The van der Waals surface area contributed by atoms with Gasteiger partial charge in [-0.1, -0.05) is 36.2 Å². The summed E-state index contributed by atoms with van der Waals surface area (Å²) >= 11 is 7.75. The van der Waals surface area contributed by atoms with Gasteiger partial charge in [0.25, 0.3) is 5.91 Å². The molecule has 1 N–H and O–H groups in total. The standard InChI is InChI=1S/C14H15ClN2OS/c15-12-10-6-2-3-7-11(10)19-13(12)14(18)16-17-8-4-1-5-9-17/h2-3,6-7H,1,4-5,8-9H2,(H,16,18). The molecule has 1 amide bonds. The summed E-state index contributed by atoms with van der Waals surface area (Å²) < 4.78 is 1.05. The van der Waals surface area contributed by atoms with Gasteiger partial charge in [-0.2, -0.15) is 0 Å². The third-order valence-corrected chi connectivity index (χ3v) is 5.03. The number of hydrogen-bond acceptors (Lipinski definition) is 3. The number of piperidine rings is 1. The van der Waals surface area contributed by atoms with Crippen molar-refractivity contribution < 1.29 is 4.79 Å². The number of rotatable bonds is 2. The quantitative estimate of drug-likeness (QED) is 0.916. The molecule has 2 heterocycles. The van der Waals surface area contributed by atoms with Gasteiger partial charge in [-0.05, 0) is 18.9 Å². The van der Waals surface area contributed by atoms with Crippen LogP contribution in [0.15, 0.2) is 24.3 Å². The second-order valence-corrected chi connectivity index (χ2v) is 6.16. The van der Waals surface area contributed by atoms with E-state index >= 15 is 0 Å². The minimum Gasteiger partial charge on any atom is -0.284 e. The summed E-state index contributed by atoms with van der Waals surface area (Å²) in [4.78, 5) is 12.9. The number of thiophene rings is 1. The number of nitrogens with one attached hydrogen (secondary N) is 1. The molecule has 19 heavy (non-hydrogen) atoms. The zero-order valence-corrected chi connectivity index (χ0v) is 12.1. The number of benzene rings is 1. The van der Waals surface area contributed by atoms with Crippen LogP contribution in [0.4, 0.5) is 0 Å². The third-order valence-electron chi connectivity index (χ3n) is 3.36. The van der Waals surface area contributed by atoms with Crippen molar-refractivity contribution >= 4 is 38.9 Å². The van der Waals surface area contributed by atoms with Crippen molar-refractivity contribution in [3.63, 3.8) is 0 Å². The summed E-state index contributed by atoms with van der Waals surface area (Å²) in [5.41, 5.74) is 2.96. The molecule has 0 unspecified atom stereocenters. The molecule has 2 aromatic rings. The molecule has 1 aromatic heterocycles. The van der Waals surface area contributed by atoms with E-state index in [0.717, 1.165) is 36.0 Å². The summed E-state index contributed by atoms with van der Waals surface area (Å²) in [7, 11) is 0. The Morgan fingerprint density at radius 2 is 1.95 bits per heavy atom. The van der Waals surface area contributed by atoms with Crippen LogP contribution in [0.1, 0.15) is 28.9 Å². The van der Waals surface area contributed by atoms with Crippen molar-refractivity contribution in [2.75, 3.05) is 13.1 Å². The van der Waals surface area contributed by atoms with Crippen LogP contribution in [-0.2, 0) is 0 Å². The molecular formula is C14H15ClN2OS. The summed E-state index contributed by atoms with van der Waals surface area (Å²) in [5, 5.41) is 3.51. The van der Waals surface area contributed by atoms with Gasteiger partial charge in [0.1, 0.15) is 4.88 Å². The van der Waals surface area contributed by atoms with Crippen molar-refractivity contribution in [1.29, 1.82) is 0 Å². The maximum absolute atomic E-state index is 12.3. The number of amides is 1. The monoisotopic (exact) mass is 294 g/mol. The van der Waals surface area contributed by atoms with E-state index in [2.05, 4.69) is 5.43 Å². The van der Waals surface area contributed by atoms with Gasteiger partial charge in [0, 0.05) is 23.2 Å². The number of hydrazine groups is 1. The van der Waals surface area contributed by atoms with Gasteiger partial charge >= 0.3 is 0 Å². The Labute approximate surface area is 121 Å². The fraction of sp³-hybridized carbons (Fsp3) is 0.357. The summed E-state index contributed by atoms with van der Waals surface area (Å²) in [6.45, 7) is 1.85. The second-order valence-electron chi connectivity index (χ2n) is 4.73. The van der Waals surface area contributed by atoms with Crippen LogP contribution in [0.2, 0.25) is 5.02 Å². The highest BCUT2D eigenvalue weighted by Crippen LogP contribution is 2.35. The SMILES string of the molecule is O=C(NN1CCCCC1)c1sc2ccccc2c1Cl. The Bertz CT molecular complexity index is 605. The van der Waals surface area contributed by atoms with Gasteiger partial charge in [0.2, 0.25) is 0 Å². The van der Waals surface area contributed by atoms with Gasteiger partial charge < -0.3 is 0 Å². The van der Waals surface area contributed by atoms with Gasteiger partial charge in [-0.25, -0.2) is 5.01 Å². The van der Waals surface area contributed by atoms with Gasteiger partial charge in [0.05, 0.1) is 5.02 Å². The predicted octanol–water partition coefficient (Wildman–Crippen LogP) is 3.69. The number of fused-ring (bicyclic) bond motifs is 1. The van der Waals surface area contributed by atoms with Crippen LogP contribution in [0.5, 0.6) is 0 Å². The molecule has 0 aliphatic carbocycles. The molecule has 1 saturated heterocycles. The first-order valence-electron chi connectivity index (χ1n) is 6.48. The summed E-state index contributed by atoms with van der Waals surface area (Å²) in [5.74, 6) is -0.0897. The molecule has 3 rings (SSSR count). The molecule has 0 atom stereocenters. The molecule has 1 aromatic carbocycles. The average molecular weight is 295 g/mol. The molecule has 0 bridgehead atoms. The molecule has 5 heteroatoms. The summed E-state index contributed by atoms with van der Waals surface area (Å²) in [6.07, 6.45) is 3.52. The van der Waals surface area contributed by atoms with E-state index in [4.69, 9.17) is 11.6 Å². The number of carbonyl (C=O) groups excluding carboxylic acids is 1. The predicted molar refractivity (Wildman–Crippen MR) is 79.7 cm³/mol. The van der Waals surface area contributed by atoms with Crippen molar-refractivity contribution in [1.82, 2.24) is 10.4 Å². The highest BCUT2D eigenvalue weighted by molar-refractivity contribution is 7.21. The molecular weight excluding hydrogens is 280 g/mol. The molecule has 100 valence electrons. The highest BCUT2D eigenvalue weighted by atomic mass is 35.5. The average Bonchev–Trinajstić information content (AvgIpc) is 2.78. The van der Waals surface area contributed by atoms with Crippen LogP contribution in [0.25, 0.3) is 10.1 Å². The van der Waals surface area contributed by atoms with Gasteiger partial charge in [0.15, 0.2) is 0 Å². The van der Waals surface area contributed by atoms with Crippen molar-refractivity contribution in [2.45, 2.75) is 19.3 Å². The Hall–Kier alpha value is -1.10. The van der Waals surface area contributed by atoms with Crippen molar-refractivity contribution in [3.8, 4) is 0 Å². The Morgan fingerprint density at radius 3 is 2.68 bits per heavy atom. The molecule has 0 radical (unpaired) electrons. The molecule has 0 spiro atoms. The van der Waals surface area contributed by atoms with E-state index in [1.165, 1.54) is 17.8 Å². The number of nitrogens with zero attached hydrogens (tertiary/aromatic N) is 1. The Balaban J connectivity index is 1.83. The van der Waals surface area contributed by atoms with Crippen LogP contribution in [0.3, 0.4) is 0 Å². The lowest BCUT2D eigenvalue weighted by Gasteiger charge is -2.26. The topological polar surface area (TPSA) is 32.3 Å². The van der Waals surface area contributed by atoms with E-state index < -0.39 is 0 Å². The molecule has 0 saturated carbocycles. The lowest BCUT2D eigenvalue weighted by Crippen LogP contribution is -2.44. The van der Waals surface area contributed by atoms with Gasteiger partial charge in [-0.3, -0.25) is 10.2 Å². The van der Waals surface area contributed by atoms with E-state index in [0.29, 0.717) is 9.90 Å². The number of hydrogen-bond donors (Lipinski definition) is 1. The van der Waals surface area contributed by atoms with Crippen LogP contribution < -0.4 is 5.43 Å². The zero-order valence-electron chi connectivity index (χ0n) is 10.5. The fourth-order valence-corrected chi connectivity index (χ4v) is 3.77. The molecule has 1 aliphatic rings. The van der Waals surface area contributed by atoms with E-state index in [1.54, 1.807) is 0 Å². The Kier molecular flexibility index (Phi) is 3.73. The maximum atomic E-state index is 12.3. The first kappa shape index (κ1) is 12.9. The third kappa shape index (κ3) is 2.61. The number of halogens is 1. The van der Waals surface area contributed by atoms with Crippen LogP contribution in [0, 0.1) is 0 Å². The van der Waals surface area contributed by atoms with Gasteiger partial charge in [-0.15, -0.1) is 11.3 Å². The molecule has 3 nitrogen and oxygen atoms in total. The molecule has 1 aliphatic heterocycles. The molecule has 1 fully saturated rings. The normalized spacial score (nSPS) is 16.7. The van der Waals surface area contributed by atoms with Crippen LogP contribution >= 0.6 is 22.9 Å². The zero-order chi connectivity index (χ0) is 13.2. The fourth-order valence-electron chi connectivity index (χ4n) is 2.36. The first-order chi connectivity index (χ1) is 9.25. The highest BCUT2D eigenvalue weighted by Gasteiger charge is 2.19. The van der Waals surface area contributed by atoms with E-state index in [-0.39, 0.29) is 5.91 Å². The lowest BCUT2D eigenvalue weighted by atomic mass is 10.2. The van der Waals surface area contributed by atoms with Crippen molar-refractivity contribution in [3.05, 3.63) is 34.2 Å². The second kappa shape index (κ2) is 5.49. The van der Waals surface area contributed by atoms with E-state index in [9.17, 15) is 4.79 Å². The lowest BCUT2D eigenvalue weighted by molar-refractivity contribution is 0.0754. The largest absolute Gasteiger partial charge is 0.284 e. The maximum Gasteiger partial charge on any atom is 0.277 e. The number of carbonyl (C=O) groups is 1.